The second kappa shape index (κ2) is 10.9. The summed E-state index contributed by atoms with van der Waals surface area (Å²) in [6.07, 6.45) is -1.62. The zero-order chi connectivity index (χ0) is 26.4. The molecule has 0 spiro atoms. The molecule has 0 radical (unpaired) electrons. The molecule has 188 valence electrons. The van der Waals surface area contributed by atoms with Crippen LogP contribution in [-0.4, -0.2) is 40.2 Å². The molecule has 0 aliphatic rings. The number of carboxylic acid groups (broad SMARTS) is 1. The lowest BCUT2D eigenvalue weighted by molar-refractivity contribution is -0.148. The van der Waals surface area contributed by atoms with Crippen molar-refractivity contribution in [3.05, 3.63) is 119 Å². The summed E-state index contributed by atoms with van der Waals surface area (Å²) in [6.45, 7) is 3.54. The van der Waals surface area contributed by atoms with Gasteiger partial charge in [-0.2, -0.15) is 0 Å². The van der Waals surface area contributed by atoms with E-state index in [1.807, 2.05) is 12.1 Å². The first-order chi connectivity index (χ1) is 17.8. The molecule has 1 unspecified atom stereocenters. The summed E-state index contributed by atoms with van der Waals surface area (Å²) in [7, 11) is 1.54. The number of methoxy groups -OCH3 is 1. The Morgan fingerprint density at radius 3 is 1.81 bits per heavy atom. The molecule has 8 nitrogen and oxygen atoms in total. The Kier molecular flexibility index (Phi) is 7.48. The molecule has 4 aromatic rings. The highest BCUT2D eigenvalue weighted by atomic mass is 16.5. The van der Waals surface area contributed by atoms with Crippen molar-refractivity contribution in [2.75, 3.05) is 7.11 Å². The lowest BCUT2D eigenvalue weighted by Crippen LogP contribution is -2.60. The first kappa shape index (κ1) is 25.4. The number of hydrogen-bond donors (Lipinski definition) is 2. The highest BCUT2D eigenvalue weighted by Gasteiger charge is 2.50. The van der Waals surface area contributed by atoms with Crippen molar-refractivity contribution < 1.29 is 24.2 Å². The first-order valence-corrected chi connectivity index (χ1v) is 11.6. The number of hydrogen-bond acceptors (Lipinski definition) is 6. The predicted octanol–water partition coefficient (Wildman–Crippen LogP) is 4.31. The molecular weight excluding hydrogens is 470 g/mol. The second-order valence-corrected chi connectivity index (χ2v) is 8.49. The maximum atomic E-state index is 13.7. The molecule has 0 saturated carbocycles. The summed E-state index contributed by atoms with van der Waals surface area (Å²) in [5.41, 5.74) is 0.952. The Hall–Kier alpha value is -4.72. The highest BCUT2D eigenvalue weighted by molar-refractivity contribution is 5.96. The summed E-state index contributed by atoms with van der Waals surface area (Å²) >= 11 is 0. The van der Waals surface area contributed by atoms with E-state index in [1.165, 1.54) is 7.11 Å². The molecule has 4 rings (SSSR count). The molecule has 3 aromatic carbocycles. The van der Waals surface area contributed by atoms with Crippen LogP contribution in [-0.2, 0) is 10.3 Å². The van der Waals surface area contributed by atoms with Crippen LogP contribution in [0, 0.1) is 13.8 Å². The third-order valence-electron chi connectivity index (χ3n) is 5.92. The normalized spacial score (nSPS) is 11.9. The Morgan fingerprint density at radius 2 is 1.35 bits per heavy atom. The van der Waals surface area contributed by atoms with Gasteiger partial charge in [-0.1, -0.05) is 60.7 Å². The van der Waals surface area contributed by atoms with Crippen LogP contribution >= 0.6 is 0 Å². The minimum Gasteiger partial charge on any atom is -0.497 e. The van der Waals surface area contributed by atoms with Gasteiger partial charge >= 0.3 is 12.0 Å². The zero-order valence-electron chi connectivity index (χ0n) is 20.7. The molecule has 37 heavy (non-hydrogen) atoms. The van der Waals surface area contributed by atoms with Crippen molar-refractivity contribution in [2.45, 2.75) is 25.5 Å². The summed E-state index contributed by atoms with van der Waals surface area (Å²) in [4.78, 5) is 35.2. The Morgan fingerprint density at radius 1 is 0.838 bits per heavy atom. The Labute approximate surface area is 214 Å². The van der Waals surface area contributed by atoms with Gasteiger partial charge in [0.15, 0.2) is 0 Å². The number of aromatic nitrogens is 2. The quantitative estimate of drug-likeness (QED) is 0.355. The third-order valence-corrected chi connectivity index (χ3v) is 5.92. The van der Waals surface area contributed by atoms with Crippen LogP contribution in [0.15, 0.2) is 91.0 Å². The predicted molar refractivity (Wildman–Crippen MR) is 138 cm³/mol. The van der Waals surface area contributed by atoms with Crippen molar-refractivity contribution in [2.24, 2.45) is 0 Å². The Bertz CT molecular complexity index is 1320. The smallest absolute Gasteiger partial charge is 0.348 e. The largest absolute Gasteiger partial charge is 0.497 e. The van der Waals surface area contributed by atoms with Crippen molar-refractivity contribution in [1.82, 2.24) is 15.3 Å². The van der Waals surface area contributed by atoms with E-state index < -0.39 is 23.5 Å². The van der Waals surface area contributed by atoms with Gasteiger partial charge < -0.3 is 19.9 Å². The van der Waals surface area contributed by atoms with Crippen molar-refractivity contribution in [3.63, 3.8) is 0 Å². The molecule has 2 N–H and O–H groups in total. The van der Waals surface area contributed by atoms with Crippen LogP contribution in [0.1, 0.15) is 32.9 Å². The fraction of sp³-hybridized carbons (Fsp3) is 0.172. The minimum absolute atomic E-state index is 0.0974. The molecule has 1 amide bonds. The van der Waals surface area contributed by atoms with Gasteiger partial charge in [0.1, 0.15) is 11.3 Å². The van der Waals surface area contributed by atoms with Gasteiger partial charge in [-0.05, 0) is 55.3 Å². The molecular formula is C29H27N3O5. The number of aliphatic carboxylic acids is 1. The zero-order valence-corrected chi connectivity index (χ0v) is 20.7. The van der Waals surface area contributed by atoms with Crippen LogP contribution in [0.3, 0.4) is 0 Å². The van der Waals surface area contributed by atoms with Gasteiger partial charge in [0.2, 0.25) is 6.10 Å². The van der Waals surface area contributed by atoms with Gasteiger partial charge in [0.05, 0.1) is 7.11 Å². The number of ether oxygens (including phenoxy) is 2. The number of carboxylic acids is 1. The van der Waals surface area contributed by atoms with Crippen molar-refractivity contribution >= 4 is 11.9 Å². The van der Waals surface area contributed by atoms with E-state index in [9.17, 15) is 14.7 Å². The highest BCUT2D eigenvalue weighted by Crippen LogP contribution is 2.36. The second-order valence-electron chi connectivity index (χ2n) is 8.49. The van der Waals surface area contributed by atoms with Gasteiger partial charge in [-0.3, -0.25) is 4.79 Å². The number of rotatable bonds is 9. The van der Waals surface area contributed by atoms with E-state index in [1.54, 1.807) is 92.7 Å². The average Bonchev–Trinajstić information content (AvgIpc) is 2.91. The van der Waals surface area contributed by atoms with Crippen molar-refractivity contribution in [3.8, 4) is 11.8 Å². The molecule has 1 aromatic heterocycles. The lowest BCUT2D eigenvalue weighted by atomic mass is 9.77. The first-order valence-electron chi connectivity index (χ1n) is 11.6. The van der Waals surface area contributed by atoms with Crippen LogP contribution in [0.2, 0.25) is 0 Å². The summed E-state index contributed by atoms with van der Waals surface area (Å²) in [5, 5.41) is 13.5. The maximum absolute atomic E-state index is 13.7. The van der Waals surface area contributed by atoms with Crippen LogP contribution in [0.5, 0.6) is 11.8 Å². The molecule has 1 atom stereocenters. The summed E-state index contributed by atoms with van der Waals surface area (Å²) in [6, 6.07) is 26.0. The molecule has 0 saturated heterocycles. The number of carbonyl (C=O) groups excluding carboxylic acids is 1. The number of nitrogens with zero attached hydrogens (tertiary/aromatic N) is 2. The number of aryl methyl sites for hydroxylation is 2. The summed E-state index contributed by atoms with van der Waals surface area (Å²) < 4.78 is 11.2. The minimum atomic E-state index is -1.65. The van der Waals surface area contributed by atoms with Crippen LogP contribution in [0.25, 0.3) is 0 Å². The van der Waals surface area contributed by atoms with E-state index in [4.69, 9.17) is 9.47 Å². The number of benzene rings is 3. The van der Waals surface area contributed by atoms with Gasteiger partial charge in [0.25, 0.3) is 5.91 Å². The number of nitrogens with one attached hydrogen (secondary N) is 1. The average molecular weight is 498 g/mol. The molecule has 0 fully saturated rings. The number of carbonyl (C=O) groups is 2. The maximum Gasteiger partial charge on any atom is 0.348 e. The fourth-order valence-electron chi connectivity index (χ4n) is 4.25. The van der Waals surface area contributed by atoms with Gasteiger partial charge in [-0.15, -0.1) is 0 Å². The number of amides is 1. The van der Waals surface area contributed by atoms with E-state index in [0.29, 0.717) is 33.8 Å². The molecule has 8 heteroatoms. The lowest BCUT2D eigenvalue weighted by Gasteiger charge is -2.39. The van der Waals surface area contributed by atoms with Crippen LogP contribution in [0.4, 0.5) is 0 Å². The van der Waals surface area contributed by atoms with E-state index in [0.717, 1.165) is 0 Å². The molecule has 1 heterocycles. The molecule has 0 aliphatic carbocycles. The van der Waals surface area contributed by atoms with E-state index >= 15 is 0 Å². The van der Waals surface area contributed by atoms with E-state index in [-0.39, 0.29) is 6.01 Å². The third kappa shape index (κ3) is 5.43. The molecule has 0 aliphatic heterocycles. The standard InChI is InChI=1S/C29H27N3O5/c1-19-18-20(2)31-28(30-19)37-25(27(34)35)29(22-10-6-4-7-11-22,23-12-8-5-9-13-23)32-26(33)21-14-16-24(36-3)17-15-21/h4-18,25H,1-3H3,(H,32,33)(H,34,35). The van der Waals surface area contributed by atoms with E-state index in [2.05, 4.69) is 15.3 Å². The van der Waals surface area contributed by atoms with Crippen LogP contribution < -0.4 is 14.8 Å². The SMILES string of the molecule is COc1ccc(C(=O)NC(c2ccccc2)(c2ccccc2)C(Oc2nc(C)cc(C)n2)C(=O)O)cc1. The monoisotopic (exact) mass is 497 g/mol. The fourth-order valence-corrected chi connectivity index (χ4v) is 4.25. The Balaban J connectivity index is 1.92. The summed E-state index contributed by atoms with van der Waals surface area (Å²) in [5.74, 6) is -1.20. The topological polar surface area (TPSA) is 111 Å². The van der Waals surface area contributed by atoms with Gasteiger partial charge in [0, 0.05) is 17.0 Å². The van der Waals surface area contributed by atoms with Crippen molar-refractivity contribution in [1.29, 1.82) is 0 Å². The molecule has 0 bridgehead atoms. The van der Waals surface area contributed by atoms with Gasteiger partial charge in [-0.25, -0.2) is 14.8 Å².